The lowest BCUT2D eigenvalue weighted by Gasteiger charge is -2.34. The normalized spacial score (nSPS) is 24.0. The van der Waals surface area contributed by atoms with E-state index in [9.17, 15) is 9.90 Å². The SMILES string of the molecule is N#Cc1cc(N)c(Cl)c(N2CC3CCCN(C(=O)O)C3C2)c1. The monoisotopic (exact) mass is 320 g/mol. The van der Waals surface area contributed by atoms with Gasteiger partial charge in [-0.1, -0.05) is 11.6 Å². The number of nitrogens with two attached hydrogens (primary N) is 1. The molecule has 1 amide bonds. The summed E-state index contributed by atoms with van der Waals surface area (Å²) in [7, 11) is 0. The molecule has 0 aromatic heterocycles. The summed E-state index contributed by atoms with van der Waals surface area (Å²) >= 11 is 6.29. The minimum absolute atomic E-state index is 0.0192. The second-order valence-electron chi connectivity index (χ2n) is 5.86. The van der Waals surface area contributed by atoms with Crippen molar-refractivity contribution in [2.45, 2.75) is 18.9 Å². The fraction of sp³-hybridized carbons (Fsp3) is 0.467. The molecule has 0 aliphatic carbocycles. The van der Waals surface area contributed by atoms with Gasteiger partial charge in [0.05, 0.1) is 34.1 Å². The summed E-state index contributed by atoms with van der Waals surface area (Å²) in [5.41, 5.74) is 7.43. The number of likely N-dealkylation sites (tertiary alicyclic amines) is 1. The number of piperidine rings is 1. The van der Waals surface area contributed by atoms with E-state index in [-0.39, 0.29) is 6.04 Å². The van der Waals surface area contributed by atoms with Gasteiger partial charge >= 0.3 is 6.09 Å². The van der Waals surface area contributed by atoms with Crippen molar-refractivity contribution < 1.29 is 9.90 Å². The molecule has 1 aromatic carbocycles. The molecule has 2 atom stereocenters. The highest BCUT2D eigenvalue weighted by Crippen LogP contribution is 2.38. The van der Waals surface area contributed by atoms with Crippen LogP contribution in [0.3, 0.4) is 0 Å². The molecule has 0 radical (unpaired) electrons. The van der Waals surface area contributed by atoms with Gasteiger partial charge in [0, 0.05) is 19.6 Å². The third kappa shape index (κ3) is 2.42. The molecule has 22 heavy (non-hydrogen) atoms. The van der Waals surface area contributed by atoms with Crippen molar-refractivity contribution in [3.8, 4) is 6.07 Å². The average molecular weight is 321 g/mol. The van der Waals surface area contributed by atoms with Crippen molar-refractivity contribution in [1.82, 2.24) is 4.90 Å². The number of nitriles is 1. The van der Waals surface area contributed by atoms with Gasteiger partial charge in [-0.05, 0) is 30.9 Å². The van der Waals surface area contributed by atoms with E-state index in [0.29, 0.717) is 35.3 Å². The molecule has 3 N–H and O–H groups in total. The number of fused-ring (bicyclic) bond motifs is 1. The fourth-order valence-corrected chi connectivity index (χ4v) is 3.77. The maximum atomic E-state index is 11.4. The first-order chi connectivity index (χ1) is 10.5. The lowest BCUT2D eigenvalue weighted by molar-refractivity contribution is 0.0965. The van der Waals surface area contributed by atoms with Crippen molar-refractivity contribution in [3.63, 3.8) is 0 Å². The third-order valence-corrected chi connectivity index (χ3v) is 4.99. The zero-order valence-electron chi connectivity index (χ0n) is 12.0. The Hall–Kier alpha value is -2.13. The minimum Gasteiger partial charge on any atom is -0.465 e. The summed E-state index contributed by atoms with van der Waals surface area (Å²) in [5, 5.41) is 18.9. The molecular formula is C15H17ClN4O2. The molecule has 2 saturated heterocycles. The minimum atomic E-state index is -0.868. The molecule has 0 spiro atoms. The van der Waals surface area contributed by atoms with Crippen LogP contribution in [0.4, 0.5) is 16.2 Å². The molecule has 2 heterocycles. The van der Waals surface area contributed by atoms with Crippen molar-refractivity contribution >= 4 is 29.1 Å². The zero-order valence-corrected chi connectivity index (χ0v) is 12.8. The van der Waals surface area contributed by atoms with Gasteiger partial charge in [0.25, 0.3) is 0 Å². The Morgan fingerprint density at radius 3 is 2.91 bits per heavy atom. The van der Waals surface area contributed by atoms with Gasteiger partial charge < -0.3 is 20.6 Å². The Balaban J connectivity index is 1.91. The van der Waals surface area contributed by atoms with Crippen molar-refractivity contribution in [2.24, 2.45) is 5.92 Å². The van der Waals surface area contributed by atoms with E-state index in [4.69, 9.17) is 22.6 Å². The first-order valence-corrected chi connectivity index (χ1v) is 7.62. The number of hydrogen-bond donors (Lipinski definition) is 2. The summed E-state index contributed by atoms with van der Waals surface area (Å²) in [6.07, 6.45) is 1.03. The molecule has 7 heteroatoms. The van der Waals surface area contributed by atoms with Gasteiger partial charge in [-0.25, -0.2) is 4.79 Å². The predicted molar refractivity (Wildman–Crippen MR) is 84.0 cm³/mol. The highest BCUT2D eigenvalue weighted by molar-refractivity contribution is 6.35. The second kappa shape index (κ2) is 5.58. The quantitative estimate of drug-likeness (QED) is 0.775. The third-order valence-electron chi connectivity index (χ3n) is 4.58. The van der Waals surface area contributed by atoms with Crippen molar-refractivity contribution in [2.75, 3.05) is 30.3 Å². The largest absolute Gasteiger partial charge is 0.465 e. The molecule has 0 bridgehead atoms. The standard InChI is InChI=1S/C15H17ClN4O2/c16-14-11(18)4-9(6-17)5-12(14)19-7-10-2-1-3-20(15(21)22)13(10)8-19/h4-5,10,13H,1-3,7-8,18H2,(H,21,22). The van der Waals surface area contributed by atoms with Crippen LogP contribution < -0.4 is 10.6 Å². The maximum absolute atomic E-state index is 11.4. The molecule has 2 aliphatic heterocycles. The number of hydrogen-bond acceptors (Lipinski definition) is 4. The molecule has 2 aliphatic rings. The number of carboxylic acid groups (broad SMARTS) is 1. The zero-order chi connectivity index (χ0) is 15.9. The molecule has 116 valence electrons. The topological polar surface area (TPSA) is 93.6 Å². The van der Waals surface area contributed by atoms with Crippen LogP contribution in [0.1, 0.15) is 18.4 Å². The number of benzene rings is 1. The molecule has 0 saturated carbocycles. The molecule has 2 unspecified atom stereocenters. The van der Waals surface area contributed by atoms with Crippen LogP contribution in [-0.2, 0) is 0 Å². The van der Waals surface area contributed by atoms with Gasteiger partial charge in [0.1, 0.15) is 0 Å². The predicted octanol–water partition coefficient (Wildman–Crippen LogP) is 2.37. The first kappa shape index (κ1) is 14.8. The van der Waals surface area contributed by atoms with E-state index in [0.717, 1.165) is 25.1 Å². The Morgan fingerprint density at radius 2 is 2.23 bits per heavy atom. The van der Waals surface area contributed by atoms with Crippen LogP contribution in [0, 0.1) is 17.2 Å². The first-order valence-electron chi connectivity index (χ1n) is 7.25. The summed E-state index contributed by atoms with van der Waals surface area (Å²) in [4.78, 5) is 15.0. The van der Waals surface area contributed by atoms with E-state index in [1.54, 1.807) is 12.1 Å². The van der Waals surface area contributed by atoms with Gasteiger partial charge in [-0.2, -0.15) is 5.26 Å². The molecule has 6 nitrogen and oxygen atoms in total. The summed E-state index contributed by atoms with van der Waals surface area (Å²) in [6.45, 7) is 1.91. The van der Waals surface area contributed by atoms with E-state index in [1.807, 2.05) is 0 Å². The van der Waals surface area contributed by atoms with Gasteiger partial charge in [0.2, 0.25) is 0 Å². The highest BCUT2D eigenvalue weighted by atomic mass is 35.5. The van der Waals surface area contributed by atoms with Crippen LogP contribution in [-0.4, -0.2) is 41.8 Å². The number of amides is 1. The van der Waals surface area contributed by atoms with Gasteiger partial charge in [-0.3, -0.25) is 0 Å². The van der Waals surface area contributed by atoms with E-state index in [2.05, 4.69) is 11.0 Å². The Bertz CT molecular complexity index is 658. The Kier molecular flexibility index (Phi) is 3.75. The lowest BCUT2D eigenvalue weighted by atomic mass is 9.92. The summed E-state index contributed by atoms with van der Waals surface area (Å²) in [6, 6.07) is 5.34. The molecule has 3 rings (SSSR count). The number of anilines is 2. The van der Waals surface area contributed by atoms with Crippen LogP contribution in [0.15, 0.2) is 12.1 Å². The van der Waals surface area contributed by atoms with Crippen LogP contribution >= 0.6 is 11.6 Å². The van der Waals surface area contributed by atoms with Crippen LogP contribution in [0.5, 0.6) is 0 Å². The Morgan fingerprint density at radius 1 is 1.45 bits per heavy atom. The highest BCUT2D eigenvalue weighted by Gasteiger charge is 2.41. The number of rotatable bonds is 1. The van der Waals surface area contributed by atoms with E-state index in [1.165, 1.54) is 4.90 Å². The average Bonchev–Trinajstić information content (AvgIpc) is 2.93. The number of carbonyl (C=O) groups is 1. The second-order valence-corrected chi connectivity index (χ2v) is 6.24. The Labute approximate surface area is 133 Å². The fourth-order valence-electron chi connectivity index (χ4n) is 3.54. The summed E-state index contributed by atoms with van der Waals surface area (Å²) < 4.78 is 0. The van der Waals surface area contributed by atoms with E-state index >= 15 is 0 Å². The summed E-state index contributed by atoms with van der Waals surface area (Å²) in [5.74, 6) is 0.299. The molecule has 1 aromatic rings. The van der Waals surface area contributed by atoms with Crippen LogP contribution in [0.25, 0.3) is 0 Å². The smallest absolute Gasteiger partial charge is 0.407 e. The van der Waals surface area contributed by atoms with Gasteiger partial charge in [-0.15, -0.1) is 0 Å². The number of halogens is 1. The van der Waals surface area contributed by atoms with Gasteiger partial charge in [0.15, 0.2) is 0 Å². The van der Waals surface area contributed by atoms with Crippen molar-refractivity contribution in [1.29, 1.82) is 5.26 Å². The molecular weight excluding hydrogens is 304 g/mol. The number of nitrogen functional groups attached to an aromatic ring is 1. The van der Waals surface area contributed by atoms with Crippen LogP contribution in [0.2, 0.25) is 5.02 Å². The van der Waals surface area contributed by atoms with E-state index < -0.39 is 6.09 Å². The lowest BCUT2D eigenvalue weighted by Crippen LogP contribution is -2.47. The van der Waals surface area contributed by atoms with Crippen molar-refractivity contribution in [3.05, 3.63) is 22.7 Å². The maximum Gasteiger partial charge on any atom is 0.407 e. The molecule has 2 fully saturated rings. The number of nitrogens with zero attached hydrogens (tertiary/aromatic N) is 3.